The van der Waals surface area contributed by atoms with E-state index in [1.165, 1.54) is 0 Å². The maximum atomic E-state index is 6.24. The molecule has 0 saturated heterocycles. The highest BCUT2D eigenvalue weighted by molar-refractivity contribution is 9.11. The highest BCUT2D eigenvalue weighted by atomic mass is 79.9. The summed E-state index contributed by atoms with van der Waals surface area (Å²) in [6.07, 6.45) is 3.31. The van der Waals surface area contributed by atoms with Crippen molar-refractivity contribution in [2.75, 3.05) is 0 Å². The molecule has 0 aliphatic heterocycles. The molecule has 2 rings (SSSR count). The van der Waals surface area contributed by atoms with Crippen molar-refractivity contribution in [2.24, 2.45) is 5.73 Å². The number of hydrogen-bond donors (Lipinski definition) is 1. The Hall–Kier alpha value is -0.430. The summed E-state index contributed by atoms with van der Waals surface area (Å²) in [6, 6.07) is 1.49. The van der Waals surface area contributed by atoms with Gasteiger partial charge in [0.05, 0.1) is 28.6 Å². The first-order valence-corrected chi connectivity index (χ1v) is 7.28. The average molecular weight is 394 g/mol. The van der Waals surface area contributed by atoms with Gasteiger partial charge in [-0.25, -0.2) is 0 Å². The highest BCUT2D eigenvalue weighted by Gasteiger charge is 2.21. The molecule has 0 saturated carbocycles. The first kappa shape index (κ1) is 14.0. The second-order valence-electron chi connectivity index (χ2n) is 3.69. The fraction of sp³-hybridized carbons (Fsp3) is 0.273. The van der Waals surface area contributed by atoms with Gasteiger partial charge in [-0.15, -0.1) is 0 Å². The summed E-state index contributed by atoms with van der Waals surface area (Å²) in [5.74, 6) is 0. The molecule has 2 aromatic heterocycles. The average Bonchev–Trinajstić information content (AvgIpc) is 2.69. The monoisotopic (exact) mass is 392 g/mol. The van der Waals surface area contributed by atoms with Crippen LogP contribution in [-0.2, 0) is 6.54 Å². The molecular weight excluding hydrogens is 383 g/mol. The molecule has 0 bridgehead atoms. The van der Waals surface area contributed by atoms with Crippen LogP contribution in [0.1, 0.15) is 24.4 Å². The quantitative estimate of drug-likeness (QED) is 0.867. The predicted molar refractivity (Wildman–Crippen MR) is 78.6 cm³/mol. The van der Waals surface area contributed by atoms with Crippen LogP contribution in [-0.4, -0.2) is 14.8 Å². The zero-order chi connectivity index (χ0) is 13.3. The number of pyridine rings is 1. The van der Waals surface area contributed by atoms with Gasteiger partial charge in [-0.1, -0.05) is 11.6 Å². The summed E-state index contributed by atoms with van der Waals surface area (Å²) in [6.45, 7) is 2.70. The van der Waals surface area contributed by atoms with Gasteiger partial charge in [-0.05, 0) is 44.8 Å². The molecule has 1 unspecified atom stereocenters. The molecule has 0 fully saturated rings. The lowest BCUT2D eigenvalue weighted by Crippen LogP contribution is -2.19. The Kier molecular flexibility index (Phi) is 4.42. The van der Waals surface area contributed by atoms with E-state index in [0.29, 0.717) is 11.6 Å². The van der Waals surface area contributed by atoms with Crippen molar-refractivity contribution in [1.29, 1.82) is 0 Å². The molecule has 1 atom stereocenters. The summed E-state index contributed by atoms with van der Waals surface area (Å²) in [4.78, 5) is 4.33. The lowest BCUT2D eigenvalue weighted by atomic mass is 10.1. The van der Waals surface area contributed by atoms with Crippen molar-refractivity contribution in [2.45, 2.75) is 19.5 Å². The SMILES string of the molecule is CCn1ncc(Cl)c1C(N)c1ncc(Br)cc1Br. The van der Waals surface area contributed by atoms with Gasteiger partial charge in [-0.2, -0.15) is 5.10 Å². The normalized spacial score (nSPS) is 12.7. The smallest absolute Gasteiger partial charge is 0.0923 e. The molecule has 0 radical (unpaired) electrons. The number of hydrogen-bond acceptors (Lipinski definition) is 3. The number of aromatic nitrogens is 3. The third-order valence-electron chi connectivity index (χ3n) is 2.56. The van der Waals surface area contributed by atoms with Gasteiger partial charge in [0.2, 0.25) is 0 Å². The van der Waals surface area contributed by atoms with Crippen LogP contribution in [0, 0.1) is 0 Å². The Morgan fingerprint density at radius 1 is 1.44 bits per heavy atom. The van der Waals surface area contributed by atoms with Crippen molar-refractivity contribution < 1.29 is 0 Å². The second-order valence-corrected chi connectivity index (χ2v) is 5.87. The highest BCUT2D eigenvalue weighted by Crippen LogP contribution is 2.30. The van der Waals surface area contributed by atoms with Gasteiger partial charge < -0.3 is 5.73 Å². The van der Waals surface area contributed by atoms with E-state index in [0.717, 1.165) is 20.3 Å². The van der Waals surface area contributed by atoms with Gasteiger partial charge in [0.25, 0.3) is 0 Å². The first-order valence-electron chi connectivity index (χ1n) is 5.32. The van der Waals surface area contributed by atoms with E-state index >= 15 is 0 Å². The van der Waals surface area contributed by atoms with Crippen LogP contribution in [0.3, 0.4) is 0 Å². The van der Waals surface area contributed by atoms with Crippen LogP contribution in [0.15, 0.2) is 27.4 Å². The summed E-state index contributed by atoms with van der Waals surface area (Å²) in [7, 11) is 0. The molecule has 0 aliphatic carbocycles. The molecule has 2 aromatic rings. The molecule has 2 heterocycles. The van der Waals surface area contributed by atoms with Gasteiger partial charge in [0.1, 0.15) is 0 Å². The lowest BCUT2D eigenvalue weighted by molar-refractivity contribution is 0.595. The topological polar surface area (TPSA) is 56.7 Å². The number of halogens is 3. The zero-order valence-electron chi connectivity index (χ0n) is 9.57. The van der Waals surface area contributed by atoms with E-state index in [1.807, 2.05) is 13.0 Å². The third-order valence-corrected chi connectivity index (χ3v) is 3.92. The maximum Gasteiger partial charge on any atom is 0.0923 e. The minimum atomic E-state index is -0.414. The van der Waals surface area contributed by atoms with Crippen LogP contribution in [0.2, 0.25) is 5.02 Å². The standard InChI is InChI=1S/C11H11Br2ClN4/c1-2-18-11(8(14)5-17-18)9(15)10-7(13)3-6(12)4-16-10/h3-5,9H,2,15H2,1H3. The molecule has 96 valence electrons. The van der Waals surface area contributed by atoms with E-state index < -0.39 is 6.04 Å². The van der Waals surface area contributed by atoms with Crippen LogP contribution in [0.5, 0.6) is 0 Å². The minimum absolute atomic E-state index is 0.414. The van der Waals surface area contributed by atoms with Crippen molar-refractivity contribution in [1.82, 2.24) is 14.8 Å². The van der Waals surface area contributed by atoms with Crippen molar-refractivity contribution in [3.8, 4) is 0 Å². The molecule has 0 amide bonds. The van der Waals surface area contributed by atoms with Gasteiger partial charge >= 0.3 is 0 Å². The second kappa shape index (κ2) is 5.69. The lowest BCUT2D eigenvalue weighted by Gasteiger charge is -2.15. The third kappa shape index (κ3) is 2.61. The fourth-order valence-corrected chi connectivity index (χ4v) is 3.21. The summed E-state index contributed by atoms with van der Waals surface area (Å²) >= 11 is 13.0. The number of nitrogens with two attached hydrogens (primary N) is 1. The van der Waals surface area contributed by atoms with E-state index in [2.05, 4.69) is 41.9 Å². The predicted octanol–water partition coefficient (Wildman–Crippen LogP) is 3.52. The molecule has 0 aliphatic rings. The van der Waals surface area contributed by atoms with E-state index in [9.17, 15) is 0 Å². The number of nitrogens with zero attached hydrogens (tertiary/aromatic N) is 3. The van der Waals surface area contributed by atoms with Crippen molar-refractivity contribution in [3.63, 3.8) is 0 Å². The summed E-state index contributed by atoms with van der Waals surface area (Å²) < 4.78 is 3.51. The van der Waals surface area contributed by atoms with E-state index in [1.54, 1.807) is 17.1 Å². The molecule has 18 heavy (non-hydrogen) atoms. The zero-order valence-corrected chi connectivity index (χ0v) is 13.5. The molecule has 4 nitrogen and oxygen atoms in total. The molecule has 7 heteroatoms. The Balaban J connectivity index is 2.47. The largest absolute Gasteiger partial charge is 0.318 e. The number of rotatable bonds is 3. The van der Waals surface area contributed by atoms with Crippen LogP contribution >= 0.6 is 43.5 Å². The Morgan fingerprint density at radius 3 is 2.78 bits per heavy atom. The first-order chi connectivity index (χ1) is 8.54. The molecular formula is C11H11Br2ClN4. The van der Waals surface area contributed by atoms with E-state index in [4.69, 9.17) is 17.3 Å². The maximum absolute atomic E-state index is 6.24. The Labute approximate surface area is 127 Å². The van der Waals surface area contributed by atoms with E-state index in [-0.39, 0.29) is 0 Å². The fourth-order valence-electron chi connectivity index (χ4n) is 1.72. The Morgan fingerprint density at radius 2 is 2.17 bits per heavy atom. The summed E-state index contributed by atoms with van der Waals surface area (Å²) in [5.41, 5.74) is 7.74. The Bertz CT molecular complexity index is 570. The van der Waals surface area contributed by atoms with Crippen molar-refractivity contribution in [3.05, 3.63) is 43.8 Å². The molecule has 2 N–H and O–H groups in total. The summed E-state index contributed by atoms with van der Waals surface area (Å²) in [5, 5.41) is 4.74. The van der Waals surface area contributed by atoms with Crippen molar-refractivity contribution >= 4 is 43.5 Å². The molecule has 0 spiro atoms. The van der Waals surface area contributed by atoms with Crippen LogP contribution in [0.25, 0.3) is 0 Å². The number of aryl methyl sites for hydroxylation is 1. The van der Waals surface area contributed by atoms with Gasteiger partial charge in [0.15, 0.2) is 0 Å². The van der Waals surface area contributed by atoms with Crippen LogP contribution in [0.4, 0.5) is 0 Å². The minimum Gasteiger partial charge on any atom is -0.318 e. The van der Waals surface area contributed by atoms with Gasteiger partial charge in [0, 0.05) is 21.7 Å². The van der Waals surface area contributed by atoms with Crippen LogP contribution < -0.4 is 5.73 Å². The van der Waals surface area contributed by atoms with Gasteiger partial charge in [-0.3, -0.25) is 9.67 Å². The molecule has 0 aromatic carbocycles.